The van der Waals surface area contributed by atoms with E-state index in [4.69, 9.17) is 10.0 Å². The van der Waals surface area contributed by atoms with Gasteiger partial charge in [-0.3, -0.25) is 0 Å². The van der Waals surface area contributed by atoms with E-state index in [1.807, 2.05) is 6.92 Å². The Kier molecular flexibility index (Phi) is 2.26. The number of nitrogens with zero attached hydrogens (tertiary/aromatic N) is 3. The molecule has 0 amide bonds. The van der Waals surface area contributed by atoms with E-state index in [2.05, 4.69) is 10.2 Å². The molecule has 60 valence electrons. The molecule has 0 unspecified atom stereocenters. The lowest BCUT2D eigenvalue weighted by atomic mass is 9.85. The van der Waals surface area contributed by atoms with Crippen molar-refractivity contribution in [2.45, 2.75) is 20.4 Å². The number of aryl methyl sites for hydroxylation is 2. The highest BCUT2D eigenvalue weighted by Gasteiger charge is 2.19. The predicted molar refractivity (Wildman–Crippen MR) is 40.3 cm³/mol. The van der Waals surface area contributed by atoms with Crippen molar-refractivity contribution >= 4 is 12.7 Å². The van der Waals surface area contributed by atoms with E-state index < -0.39 is 7.12 Å². The summed E-state index contributed by atoms with van der Waals surface area (Å²) in [5, 5.41) is 25.3. The summed E-state index contributed by atoms with van der Waals surface area (Å²) in [6.45, 7) is 4.20. The Morgan fingerprint density at radius 3 is 2.36 bits per heavy atom. The van der Waals surface area contributed by atoms with Crippen molar-refractivity contribution in [2.75, 3.05) is 0 Å². The maximum absolute atomic E-state index is 8.75. The Hall–Kier alpha value is -0.875. The molecule has 1 aromatic heterocycles. The molecule has 6 heteroatoms. The van der Waals surface area contributed by atoms with Gasteiger partial charge in [0.1, 0.15) is 5.59 Å². The van der Waals surface area contributed by atoms with Crippen molar-refractivity contribution in [2.24, 2.45) is 0 Å². The minimum absolute atomic E-state index is 0.229. The highest BCUT2D eigenvalue weighted by molar-refractivity contribution is 6.57. The van der Waals surface area contributed by atoms with Gasteiger partial charge in [0.2, 0.25) is 0 Å². The van der Waals surface area contributed by atoms with E-state index in [0.29, 0.717) is 12.2 Å². The van der Waals surface area contributed by atoms with E-state index in [1.165, 1.54) is 4.80 Å². The minimum Gasteiger partial charge on any atom is -0.422 e. The van der Waals surface area contributed by atoms with Crippen LogP contribution in [0.15, 0.2) is 0 Å². The molecule has 1 aromatic rings. The van der Waals surface area contributed by atoms with Crippen LogP contribution in [-0.2, 0) is 6.54 Å². The summed E-state index contributed by atoms with van der Waals surface area (Å²) in [4.78, 5) is 1.42. The number of rotatable bonds is 2. The Labute approximate surface area is 64.8 Å². The molecule has 0 spiro atoms. The first-order valence-electron chi connectivity index (χ1n) is 3.43. The first-order valence-corrected chi connectivity index (χ1v) is 3.43. The second kappa shape index (κ2) is 3.02. The molecule has 2 N–H and O–H groups in total. The van der Waals surface area contributed by atoms with Crippen LogP contribution in [-0.4, -0.2) is 32.2 Å². The van der Waals surface area contributed by atoms with Crippen LogP contribution in [0.2, 0.25) is 0 Å². The van der Waals surface area contributed by atoms with Crippen LogP contribution in [0.3, 0.4) is 0 Å². The predicted octanol–water partition coefficient (Wildman–Crippen LogP) is -1.71. The van der Waals surface area contributed by atoms with Crippen molar-refractivity contribution in [1.29, 1.82) is 0 Å². The van der Waals surface area contributed by atoms with Crippen LogP contribution >= 0.6 is 0 Å². The fraction of sp³-hybridized carbons (Fsp3) is 0.600. The molecule has 0 radical (unpaired) electrons. The maximum atomic E-state index is 8.75. The fourth-order valence-electron chi connectivity index (χ4n) is 0.823. The number of aromatic nitrogens is 3. The summed E-state index contributed by atoms with van der Waals surface area (Å²) in [5.74, 6) is 0. The molecule has 0 saturated carbocycles. The Bertz CT molecular complexity index is 248. The molecule has 0 saturated heterocycles. The molecule has 1 heterocycles. The SMILES string of the molecule is CCn1nc(C)c(B(O)O)n1. The first kappa shape index (κ1) is 8.22. The molecule has 0 aliphatic rings. The van der Waals surface area contributed by atoms with Crippen LogP contribution in [0.4, 0.5) is 0 Å². The molecule has 0 fully saturated rings. The van der Waals surface area contributed by atoms with Crippen LogP contribution in [0.5, 0.6) is 0 Å². The van der Waals surface area contributed by atoms with Gasteiger partial charge in [0.15, 0.2) is 0 Å². The van der Waals surface area contributed by atoms with E-state index in [-0.39, 0.29) is 5.59 Å². The van der Waals surface area contributed by atoms with Crippen molar-refractivity contribution in [3.63, 3.8) is 0 Å². The molecule has 0 aliphatic carbocycles. The van der Waals surface area contributed by atoms with Crippen LogP contribution in [0, 0.1) is 6.92 Å². The Balaban J connectivity index is 2.97. The van der Waals surface area contributed by atoms with Gasteiger partial charge in [-0.15, -0.1) is 0 Å². The lowest BCUT2D eigenvalue weighted by Gasteiger charge is -1.90. The monoisotopic (exact) mass is 155 g/mol. The third-order valence-corrected chi connectivity index (χ3v) is 1.39. The van der Waals surface area contributed by atoms with Gasteiger partial charge in [-0.25, -0.2) is 0 Å². The van der Waals surface area contributed by atoms with Crippen LogP contribution in [0.25, 0.3) is 0 Å². The second-order valence-corrected chi connectivity index (χ2v) is 2.23. The third-order valence-electron chi connectivity index (χ3n) is 1.39. The van der Waals surface area contributed by atoms with E-state index in [1.54, 1.807) is 6.92 Å². The molecule has 0 aromatic carbocycles. The lowest BCUT2D eigenvalue weighted by molar-refractivity contribution is 0.423. The summed E-state index contributed by atoms with van der Waals surface area (Å²) < 4.78 is 0. The average molecular weight is 155 g/mol. The molecule has 0 bridgehead atoms. The molecular formula is C5H10BN3O2. The average Bonchev–Trinajstić information content (AvgIpc) is 2.30. The molecule has 11 heavy (non-hydrogen) atoms. The topological polar surface area (TPSA) is 71.2 Å². The minimum atomic E-state index is -1.52. The zero-order chi connectivity index (χ0) is 8.43. The fourth-order valence-corrected chi connectivity index (χ4v) is 0.823. The second-order valence-electron chi connectivity index (χ2n) is 2.23. The van der Waals surface area contributed by atoms with Gasteiger partial charge >= 0.3 is 7.12 Å². The Morgan fingerprint density at radius 1 is 1.45 bits per heavy atom. The molecule has 0 atom stereocenters. The van der Waals surface area contributed by atoms with Crippen molar-refractivity contribution in [3.8, 4) is 0 Å². The highest BCUT2D eigenvalue weighted by atomic mass is 16.4. The van der Waals surface area contributed by atoms with Gasteiger partial charge in [-0.1, -0.05) is 0 Å². The van der Waals surface area contributed by atoms with Crippen molar-refractivity contribution in [1.82, 2.24) is 15.0 Å². The quantitative estimate of drug-likeness (QED) is 0.498. The largest absolute Gasteiger partial charge is 0.512 e. The summed E-state index contributed by atoms with van der Waals surface area (Å²) >= 11 is 0. The molecular weight excluding hydrogens is 145 g/mol. The van der Waals surface area contributed by atoms with Crippen LogP contribution in [0.1, 0.15) is 12.6 Å². The van der Waals surface area contributed by atoms with Crippen molar-refractivity contribution in [3.05, 3.63) is 5.69 Å². The Morgan fingerprint density at radius 2 is 2.09 bits per heavy atom. The number of hydrogen-bond donors (Lipinski definition) is 2. The van der Waals surface area contributed by atoms with Gasteiger partial charge in [-0.2, -0.15) is 15.0 Å². The molecule has 1 rings (SSSR count). The lowest BCUT2D eigenvalue weighted by Crippen LogP contribution is -2.33. The van der Waals surface area contributed by atoms with E-state index in [9.17, 15) is 0 Å². The first-order chi connectivity index (χ1) is 5.15. The van der Waals surface area contributed by atoms with Gasteiger partial charge < -0.3 is 10.0 Å². The van der Waals surface area contributed by atoms with Crippen molar-refractivity contribution < 1.29 is 10.0 Å². The zero-order valence-corrected chi connectivity index (χ0v) is 6.52. The zero-order valence-electron chi connectivity index (χ0n) is 6.52. The summed E-state index contributed by atoms with van der Waals surface area (Å²) in [6, 6.07) is 0. The maximum Gasteiger partial charge on any atom is 0.512 e. The summed E-state index contributed by atoms with van der Waals surface area (Å²) in [7, 11) is -1.52. The van der Waals surface area contributed by atoms with Gasteiger partial charge in [0.25, 0.3) is 0 Å². The van der Waals surface area contributed by atoms with E-state index >= 15 is 0 Å². The molecule has 0 aliphatic heterocycles. The smallest absolute Gasteiger partial charge is 0.422 e. The summed E-state index contributed by atoms with van der Waals surface area (Å²) in [6.07, 6.45) is 0. The van der Waals surface area contributed by atoms with Gasteiger partial charge in [0, 0.05) is 0 Å². The number of hydrogen-bond acceptors (Lipinski definition) is 4. The standard InChI is InChI=1S/C5H10BN3O2/c1-3-9-7-4(2)5(8-9)6(10)11/h10-11H,3H2,1-2H3. The molecule has 5 nitrogen and oxygen atoms in total. The van der Waals surface area contributed by atoms with Gasteiger partial charge in [0.05, 0.1) is 12.2 Å². The normalized spacial score (nSPS) is 10.2. The van der Waals surface area contributed by atoms with Gasteiger partial charge in [-0.05, 0) is 13.8 Å². The van der Waals surface area contributed by atoms with E-state index in [0.717, 1.165) is 0 Å². The summed E-state index contributed by atoms with van der Waals surface area (Å²) in [5.41, 5.74) is 0.786. The highest BCUT2D eigenvalue weighted by Crippen LogP contribution is 1.86. The third kappa shape index (κ3) is 1.58. The van der Waals surface area contributed by atoms with Crippen LogP contribution < -0.4 is 5.59 Å².